The maximum absolute atomic E-state index is 5.84. The van der Waals surface area contributed by atoms with E-state index in [9.17, 15) is 0 Å². The Morgan fingerprint density at radius 3 is 1.95 bits per heavy atom. The van der Waals surface area contributed by atoms with Crippen LogP contribution in [-0.2, 0) is 9.47 Å². The summed E-state index contributed by atoms with van der Waals surface area (Å²) in [6, 6.07) is 8.20. The zero-order valence-corrected chi connectivity index (χ0v) is 12.2. The maximum Gasteiger partial charge on any atom is 0.183 e. The van der Waals surface area contributed by atoms with Gasteiger partial charge in [-0.15, -0.1) is 0 Å². The van der Waals surface area contributed by atoms with E-state index in [-0.39, 0.29) is 6.29 Å². The summed E-state index contributed by atoms with van der Waals surface area (Å²) in [7, 11) is 0. The largest absolute Gasteiger partial charge is 0.348 e. The first kappa shape index (κ1) is 15.9. The van der Waals surface area contributed by atoms with E-state index in [1.807, 2.05) is 18.2 Å². The van der Waals surface area contributed by atoms with E-state index < -0.39 is 0 Å². The van der Waals surface area contributed by atoms with Crippen LogP contribution in [-0.4, -0.2) is 13.2 Å². The molecule has 0 aliphatic rings. The van der Waals surface area contributed by atoms with Crippen molar-refractivity contribution < 1.29 is 9.47 Å². The SMILES string of the molecule is C=Cc1ccc(C(OCCCC)OCCCC)cc1. The quantitative estimate of drug-likeness (QED) is 0.438. The Balaban J connectivity index is 2.60. The van der Waals surface area contributed by atoms with E-state index in [2.05, 4.69) is 32.6 Å². The molecular weight excluding hydrogens is 236 g/mol. The fraction of sp³-hybridized carbons (Fsp3) is 0.529. The minimum Gasteiger partial charge on any atom is -0.348 e. The molecule has 0 saturated heterocycles. The summed E-state index contributed by atoms with van der Waals surface area (Å²) < 4.78 is 11.7. The predicted molar refractivity (Wildman–Crippen MR) is 81.0 cm³/mol. The first-order valence-corrected chi connectivity index (χ1v) is 7.27. The van der Waals surface area contributed by atoms with Gasteiger partial charge in [0.25, 0.3) is 0 Å². The van der Waals surface area contributed by atoms with Crippen LogP contribution in [0.25, 0.3) is 6.08 Å². The first-order chi connectivity index (χ1) is 9.31. The molecule has 0 atom stereocenters. The van der Waals surface area contributed by atoms with E-state index in [4.69, 9.17) is 9.47 Å². The second-order valence-corrected chi connectivity index (χ2v) is 4.65. The Bertz CT molecular complexity index is 333. The highest BCUT2D eigenvalue weighted by Gasteiger charge is 2.11. The number of benzene rings is 1. The summed E-state index contributed by atoms with van der Waals surface area (Å²) in [5.74, 6) is 0. The third-order valence-corrected chi connectivity index (χ3v) is 2.98. The molecule has 106 valence electrons. The molecule has 0 unspecified atom stereocenters. The van der Waals surface area contributed by atoms with Crippen molar-refractivity contribution in [2.24, 2.45) is 0 Å². The minimum atomic E-state index is -0.239. The lowest BCUT2D eigenvalue weighted by atomic mass is 10.1. The van der Waals surface area contributed by atoms with Crippen LogP contribution < -0.4 is 0 Å². The van der Waals surface area contributed by atoms with Gasteiger partial charge in [-0.3, -0.25) is 0 Å². The average Bonchev–Trinajstić information content (AvgIpc) is 2.46. The predicted octanol–water partition coefficient (Wildman–Crippen LogP) is 4.96. The molecule has 0 amide bonds. The fourth-order valence-corrected chi connectivity index (χ4v) is 1.70. The number of hydrogen-bond donors (Lipinski definition) is 0. The Morgan fingerprint density at radius 2 is 1.53 bits per heavy atom. The van der Waals surface area contributed by atoms with Gasteiger partial charge >= 0.3 is 0 Å². The molecule has 0 aromatic heterocycles. The van der Waals surface area contributed by atoms with E-state index in [0.717, 1.165) is 50.0 Å². The van der Waals surface area contributed by atoms with E-state index in [0.29, 0.717) is 0 Å². The second kappa shape index (κ2) is 9.76. The van der Waals surface area contributed by atoms with Crippen molar-refractivity contribution in [2.75, 3.05) is 13.2 Å². The summed E-state index contributed by atoms with van der Waals surface area (Å²) in [6.07, 6.45) is 6.01. The highest BCUT2D eigenvalue weighted by atomic mass is 16.7. The lowest BCUT2D eigenvalue weighted by Gasteiger charge is -2.19. The standard InChI is InChI=1S/C17H26O2/c1-4-7-13-18-17(19-14-8-5-2)16-11-9-15(6-3)10-12-16/h6,9-12,17H,3-5,7-8,13-14H2,1-2H3. The molecule has 0 heterocycles. The van der Waals surface area contributed by atoms with Gasteiger partial charge in [0.15, 0.2) is 6.29 Å². The van der Waals surface area contributed by atoms with E-state index >= 15 is 0 Å². The van der Waals surface area contributed by atoms with Crippen molar-refractivity contribution in [3.8, 4) is 0 Å². The third-order valence-electron chi connectivity index (χ3n) is 2.98. The first-order valence-electron chi connectivity index (χ1n) is 7.27. The van der Waals surface area contributed by atoms with Gasteiger partial charge < -0.3 is 9.47 Å². The van der Waals surface area contributed by atoms with Crippen LogP contribution in [0.2, 0.25) is 0 Å². The van der Waals surface area contributed by atoms with Crippen LogP contribution in [0.3, 0.4) is 0 Å². The monoisotopic (exact) mass is 262 g/mol. The van der Waals surface area contributed by atoms with Gasteiger partial charge in [-0.05, 0) is 18.4 Å². The molecule has 0 fully saturated rings. The molecular formula is C17H26O2. The number of unbranched alkanes of at least 4 members (excludes halogenated alkanes) is 2. The molecule has 0 radical (unpaired) electrons. The molecule has 2 heteroatoms. The van der Waals surface area contributed by atoms with Gasteiger partial charge in [0, 0.05) is 5.56 Å². The summed E-state index contributed by atoms with van der Waals surface area (Å²) in [5.41, 5.74) is 2.20. The van der Waals surface area contributed by atoms with Crippen molar-refractivity contribution in [3.05, 3.63) is 42.0 Å². The van der Waals surface area contributed by atoms with Gasteiger partial charge in [0.05, 0.1) is 13.2 Å². The van der Waals surface area contributed by atoms with Gasteiger partial charge in [0.1, 0.15) is 0 Å². The zero-order chi connectivity index (χ0) is 13.9. The van der Waals surface area contributed by atoms with Gasteiger partial charge in [-0.2, -0.15) is 0 Å². The highest BCUT2D eigenvalue weighted by molar-refractivity contribution is 5.47. The Morgan fingerprint density at radius 1 is 1.00 bits per heavy atom. The summed E-state index contributed by atoms with van der Waals surface area (Å²) in [5, 5.41) is 0. The molecule has 1 aromatic rings. The molecule has 0 aliphatic heterocycles. The molecule has 0 N–H and O–H groups in total. The van der Waals surface area contributed by atoms with Crippen molar-refractivity contribution in [2.45, 2.75) is 45.8 Å². The normalized spacial score (nSPS) is 10.9. The molecule has 0 saturated carbocycles. The van der Waals surface area contributed by atoms with Crippen molar-refractivity contribution >= 4 is 6.08 Å². The topological polar surface area (TPSA) is 18.5 Å². The van der Waals surface area contributed by atoms with E-state index in [1.165, 1.54) is 0 Å². The molecule has 2 nitrogen and oxygen atoms in total. The van der Waals surface area contributed by atoms with Crippen molar-refractivity contribution in [1.29, 1.82) is 0 Å². The van der Waals surface area contributed by atoms with Crippen LogP contribution in [0.1, 0.15) is 56.9 Å². The average molecular weight is 262 g/mol. The third kappa shape index (κ3) is 6.04. The number of rotatable bonds is 10. The molecule has 0 spiro atoms. The molecule has 1 aromatic carbocycles. The minimum absolute atomic E-state index is 0.239. The van der Waals surface area contributed by atoms with Gasteiger partial charge in [0.2, 0.25) is 0 Å². The lowest BCUT2D eigenvalue weighted by Crippen LogP contribution is -2.11. The van der Waals surface area contributed by atoms with E-state index in [1.54, 1.807) is 0 Å². The Kier molecular flexibility index (Phi) is 8.19. The van der Waals surface area contributed by atoms with Crippen LogP contribution in [0, 0.1) is 0 Å². The second-order valence-electron chi connectivity index (χ2n) is 4.65. The summed E-state index contributed by atoms with van der Waals surface area (Å²) in [4.78, 5) is 0. The number of hydrogen-bond acceptors (Lipinski definition) is 2. The maximum atomic E-state index is 5.84. The summed E-state index contributed by atoms with van der Waals surface area (Å²) >= 11 is 0. The molecule has 1 rings (SSSR count). The molecule has 0 aliphatic carbocycles. The smallest absolute Gasteiger partial charge is 0.183 e. The van der Waals surface area contributed by atoms with Gasteiger partial charge in [-0.1, -0.05) is 63.6 Å². The highest BCUT2D eigenvalue weighted by Crippen LogP contribution is 2.21. The van der Waals surface area contributed by atoms with Crippen LogP contribution in [0.15, 0.2) is 30.8 Å². The van der Waals surface area contributed by atoms with Crippen molar-refractivity contribution in [1.82, 2.24) is 0 Å². The number of ether oxygens (including phenoxy) is 2. The van der Waals surface area contributed by atoms with Crippen molar-refractivity contribution in [3.63, 3.8) is 0 Å². The van der Waals surface area contributed by atoms with Gasteiger partial charge in [-0.25, -0.2) is 0 Å². The Labute approximate surface area is 117 Å². The lowest BCUT2D eigenvalue weighted by molar-refractivity contribution is -0.148. The van der Waals surface area contributed by atoms with Crippen LogP contribution in [0.4, 0.5) is 0 Å². The summed E-state index contributed by atoms with van der Waals surface area (Å²) in [6.45, 7) is 9.58. The Hall–Kier alpha value is -1.12. The fourth-order valence-electron chi connectivity index (χ4n) is 1.70. The molecule has 19 heavy (non-hydrogen) atoms. The zero-order valence-electron chi connectivity index (χ0n) is 12.2. The van der Waals surface area contributed by atoms with Crippen LogP contribution in [0.5, 0.6) is 0 Å². The molecule has 0 bridgehead atoms. The van der Waals surface area contributed by atoms with Crippen LogP contribution >= 0.6 is 0 Å².